The van der Waals surface area contributed by atoms with E-state index in [1.165, 1.54) is 18.5 Å². The average Bonchev–Trinajstić information content (AvgIpc) is 3.30. The van der Waals surface area contributed by atoms with E-state index in [0.717, 1.165) is 0 Å². The number of benzene rings is 2. The van der Waals surface area contributed by atoms with Gasteiger partial charge in [0.1, 0.15) is 23.6 Å². The summed E-state index contributed by atoms with van der Waals surface area (Å²) in [7, 11) is 1.55. The summed E-state index contributed by atoms with van der Waals surface area (Å²) < 4.78 is 25.8. The summed E-state index contributed by atoms with van der Waals surface area (Å²) in [4.78, 5) is 20.7. The molecule has 0 aliphatic carbocycles. The Kier molecular flexibility index (Phi) is 6.42. The van der Waals surface area contributed by atoms with Crippen molar-refractivity contribution in [3.63, 3.8) is 0 Å². The van der Waals surface area contributed by atoms with Crippen LogP contribution in [0.25, 0.3) is 10.9 Å². The number of nitrogens with one attached hydrogen (secondary N) is 2. The molecule has 0 saturated carbocycles. The number of H-pyrrole nitrogens is 1. The predicted molar refractivity (Wildman–Crippen MR) is 124 cm³/mol. The maximum Gasteiger partial charge on any atom is 0.230 e. The second-order valence-corrected chi connectivity index (χ2v) is 8.35. The molecule has 1 amide bonds. The van der Waals surface area contributed by atoms with E-state index in [0.29, 0.717) is 28.2 Å². The lowest BCUT2D eigenvalue weighted by Gasteiger charge is -2.18. The molecule has 4 rings (SSSR count). The lowest BCUT2D eigenvalue weighted by Crippen LogP contribution is -2.22. The number of ether oxygens (including phenoxy) is 2. The zero-order chi connectivity index (χ0) is 24.3. The third kappa shape index (κ3) is 4.96. The van der Waals surface area contributed by atoms with Crippen molar-refractivity contribution >= 4 is 22.6 Å². The van der Waals surface area contributed by atoms with Crippen LogP contribution >= 0.6 is 0 Å². The van der Waals surface area contributed by atoms with Gasteiger partial charge in [-0.05, 0) is 29.8 Å². The molecule has 0 aliphatic rings. The van der Waals surface area contributed by atoms with Gasteiger partial charge in [-0.25, -0.2) is 14.4 Å². The molecule has 0 spiro atoms. The number of amides is 1. The molecule has 0 unspecified atom stereocenters. The van der Waals surface area contributed by atoms with Crippen molar-refractivity contribution in [2.75, 3.05) is 19.0 Å². The SMILES string of the molecule is COc1ccc2ncnc(Oc3ccc(CC(=O)Nc4cc(C(C)(C)CO)[nH]n4)c(F)c3)c2c1. The molecule has 0 bridgehead atoms. The number of carbonyl (C=O) groups is 1. The van der Waals surface area contributed by atoms with Crippen molar-refractivity contribution in [3.8, 4) is 17.4 Å². The summed E-state index contributed by atoms with van der Waals surface area (Å²) in [6.45, 7) is 3.60. The van der Waals surface area contributed by atoms with Gasteiger partial charge in [0.25, 0.3) is 0 Å². The molecule has 2 aromatic carbocycles. The Labute approximate surface area is 195 Å². The van der Waals surface area contributed by atoms with Crippen LogP contribution in [0.2, 0.25) is 0 Å². The van der Waals surface area contributed by atoms with Gasteiger partial charge in [-0.1, -0.05) is 19.9 Å². The van der Waals surface area contributed by atoms with Crippen LogP contribution in [0.15, 0.2) is 48.8 Å². The minimum Gasteiger partial charge on any atom is -0.497 e. The monoisotopic (exact) mass is 465 g/mol. The Bertz CT molecular complexity index is 1340. The fourth-order valence-electron chi connectivity index (χ4n) is 3.24. The number of halogens is 1. The normalized spacial score (nSPS) is 11.4. The molecule has 2 aromatic heterocycles. The van der Waals surface area contributed by atoms with Gasteiger partial charge in [-0.15, -0.1) is 0 Å². The van der Waals surface area contributed by atoms with E-state index in [2.05, 4.69) is 25.5 Å². The summed E-state index contributed by atoms with van der Waals surface area (Å²) in [6.07, 6.45) is 1.17. The number of methoxy groups -OCH3 is 1. The van der Waals surface area contributed by atoms with Gasteiger partial charge < -0.3 is 19.9 Å². The third-order valence-corrected chi connectivity index (χ3v) is 5.37. The Morgan fingerprint density at radius 1 is 1.15 bits per heavy atom. The zero-order valence-corrected chi connectivity index (χ0v) is 18.9. The van der Waals surface area contributed by atoms with Crippen LogP contribution < -0.4 is 14.8 Å². The minimum atomic E-state index is -0.590. The van der Waals surface area contributed by atoms with Crippen molar-refractivity contribution in [1.82, 2.24) is 20.2 Å². The Hall–Kier alpha value is -4.05. The summed E-state index contributed by atoms with van der Waals surface area (Å²) in [5.41, 5.74) is 1.000. The highest BCUT2D eigenvalue weighted by atomic mass is 19.1. The van der Waals surface area contributed by atoms with Crippen LogP contribution in [-0.4, -0.2) is 44.9 Å². The number of nitrogens with zero attached hydrogens (tertiary/aromatic N) is 3. The average molecular weight is 465 g/mol. The van der Waals surface area contributed by atoms with Gasteiger partial charge in [-0.2, -0.15) is 5.10 Å². The Balaban J connectivity index is 1.46. The lowest BCUT2D eigenvalue weighted by atomic mass is 9.91. The molecular weight excluding hydrogens is 441 g/mol. The molecule has 0 fully saturated rings. The first-order chi connectivity index (χ1) is 16.3. The van der Waals surface area contributed by atoms with E-state index in [9.17, 15) is 14.3 Å². The zero-order valence-electron chi connectivity index (χ0n) is 18.9. The summed E-state index contributed by atoms with van der Waals surface area (Å²) in [5.74, 6) is 0.382. The smallest absolute Gasteiger partial charge is 0.230 e. The van der Waals surface area contributed by atoms with Crippen molar-refractivity contribution in [3.05, 3.63) is 65.9 Å². The highest BCUT2D eigenvalue weighted by Crippen LogP contribution is 2.30. The molecule has 10 heteroatoms. The van der Waals surface area contributed by atoms with Gasteiger partial charge in [0, 0.05) is 23.2 Å². The van der Waals surface area contributed by atoms with E-state index in [1.807, 2.05) is 13.8 Å². The van der Waals surface area contributed by atoms with Gasteiger partial charge in [0.15, 0.2) is 5.82 Å². The standard InChI is InChI=1S/C24H24FN5O4/c1-24(2,12-31)20-11-21(30-29-20)28-22(32)8-14-4-5-16(10-18(14)25)34-23-17-9-15(33-3)6-7-19(17)26-13-27-23/h4-7,9-11,13,31H,8,12H2,1-3H3,(H2,28,29,30,32). The van der Waals surface area contributed by atoms with Crippen molar-refractivity contribution in [2.24, 2.45) is 0 Å². The van der Waals surface area contributed by atoms with Crippen LogP contribution in [0.4, 0.5) is 10.2 Å². The first kappa shape index (κ1) is 23.1. The number of aromatic nitrogens is 4. The molecule has 4 aromatic rings. The summed E-state index contributed by atoms with van der Waals surface area (Å²) in [5, 5.41) is 19.5. The molecule has 9 nitrogen and oxygen atoms in total. The van der Waals surface area contributed by atoms with Crippen molar-refractivity contribution in [1.29, 1.82) is 0 Å². The van der Waals surface area contributed by atoms with E-state index in [1.54, 1.807) is 37.4 Å². The largest absolute Gasteiger partial charge is 0.497 e. The molecule has 176 valence electrons. The number of carbonyl (C=O) groups excluding carboxylic acids is 1. The molecule has 0 atom stereocenters. The third-order valence-electron chi connectivity index (χ3n) is 5.37. The highest BCUT2D eigenvalue weighted by molar-refractivity contribution is 5.91. The van der Waals surface area contributed by atoms with Gasteiger partial charge in [-0.3, -0.25) is 9.89 Å². The Morgan fingerprint density at radius 3 is 2.68 bits per heavy atom. The number of hydrogen-bond donors (Lipinski definition) is 3. The van der Waals surface area contributed by atoms with Crippen molar-refractivity contribution < 1.29 is 23.8 Å². The number of aromatic amines is 1. The molecule has 0 aliphatic heterocycles. The van der Waals surface area contributed by atoms with E-state index in [4.69, 9.17) is 9.47 Å². The molecule has 34 heavy (non-hydrogen) atoms. The molecular formula is C24H24FN5O4. The number of fused-ring (bicyclic) bond motifs is 1. The van der Waals surface area contributed by atoms with Crippen LogP contribution in [0, 0.1) is 5.82 Å². The van der Waals surface area contributed by atoms with Gasteiger partial charge in [0.05, 0.1) is 31.0 Å². The summed E-state index contributed by atoms with van der Waals surface area (Å²) in [6, 6.07) is 11.2. The topological polar surface area (TPSA) is 122 Å². The van der Waals surface area contributed by atoms with Crippen LogP contribution in [0.1, 0.15) is 25.1 Å². The minimum absolute atomic E-state index is 0.0828. The molecule has 3 N–H and O–H groups in total. The van der Waals surface area contributed by atoms with E-state index < -0.39 is 17.1 Å². The highest BCUT2D eigenvalue weighted by Gasteiger charge is 2.22. The fraction of sp³-hybridized carbons (Fsp3) is 0.250. The number of rotatable bonds is 8. The molecule has 0 saturated heterocycles. The first-order valence-electron chi connectivity index (χ1n) is 10.5. The maximum absolute atomic E-state index is 14.7. The second kappa shape index (κ2) is 9.44. The van der Waals surface area contributed by atoms with E-state index in [-0.39, 0.29) is 30.2 Å². The maximum atomic E-state index is 14.7. The number of hydrogen-bond acceptors (Lipinski definition) is 7. The fourth-order valence-corrected chi connectivity index (χ4v) is 3.24. The number of anilines is 1. The Morgan fingerprint density at radius 2 is 1.94 bits per heavy atom. The van der Waals surface area contributed by atoms with Crippen LogP contribution in [0.5, 0.6) is 17.4 Å². The van der Waals surface area contributed by atoms with Crippen LogP contribution in [0.3, 0.4) is 0 Å². The predicted octanol–water partition coefficient (Wildman–Crippen LogP) is 3.74. The van der Waals surface area contributed by atoms with E-state index >= 15 is 0 Å². The number of aliphatic hydroxyl groups excluding tert-OH is 1. The van der Waals surface area contributed by atoms with Gasteiger partial charge in [0.2, 0.25) is 11.8 Å². The second-order valence-electron chi connectivity index (χ2n) is 8.35. The molecule has 2 heterocycles. The lowest BCUT2D eigenvalue weighted by molar-refractivity contribution is -0.115. The molecule has 0 radical (unpaired) electrons. The first-order valence-corrected chi connectivity index (χ1v) is 10.5. The summed E-state index contributed by atoms with van der Waals surface area (Å²) >= 11 is 0. The van der Waals surface area contributed by atoms with Crippen LogP contribution in [-0.2, 0) is 16.6 Å². The van der Waals surface area contributed by atoms with Gasteiger partial charge >= 0.3 is 0 Å². The quantitative estimate of drug-likeness (QED) is 0.362. The van der Waals surface area contributed by atoms with Crippen molar-refractivity contribution in [2.45, 2.75) is 25.7 Å². The number of aliphatic hydroxyl groups is 1.